The summed E-state index contributed by atoms with van der Waals surface area (Å²) in [5.41, 5.74) is 4.16. The minimum absolute atomic E-state index is 0.00717. The van der Waals surface area contributed by atoms with Gasteiger partial charge < -0.3 is 14.8 Å². The number of hydrogen-bond donors (Lipinski definition) is 1. The monoisotopic (exact) mass is 329 g/mol. The van der Waals surface area contributed by atoms with Crippen LogP contribution in [0.3, 0.4) is 0 Å². The van der Waals surface area contributed by atoms with Gasteiger partial charge in [0.1, 0.15) is 11.6 Å². The van der Waals surface area contributed by atoms with E-state index in [1.165, 1.54) is 0 Å². The molecule has 0 bridgehead atoms. The van der Waals surface area contributed by atoms with Gasteiger partial charge in [-0.15, -0.1) is 0 Å². The van der Waals surface area contributed by atoms with Crippen LogP contribution in [0.5, 0.6) is 0 Å². The van der Waals surface area contributed by atoms with Gasteiger partial charge in [-0.25, -0.2) is 4.39 Å². The van der Waals surface area contributed by atoms with E-state index in [2.05, 4.69) is 0 Å². The Balaban J connectivity index is 3.18. The fraction of sp³-hybridized carbons (Fsp3) is 0.500. The second-order valence-electron chi connectivity index (χ2n) is 4.05. The van der Waals surface area contributed by atoms with Gasteiger partial charge in [-0.3, -0.25) is 4.57 Å². The van der Waals surface area contributed by atoms with E-state index in [1.807, 2.05) is 0 Å². The van der Waals surface area contributed by atoms with E-state index in [1.54, 1.807) is 13.8 Å². The molecule has 0 radical (unpaired) electrons. The van der Waals surface area contributed by atoms with E-state index in [0.29, 0.717) is 12.1 Å². The van der Waals surface area contributed by atoms with Crippen molar-refractivity contribution >= 4 is 7.60 Å². The zero-order valence-electron chi connectivity index (χ0n) is 11.5. The Morgan fingerprint density at radius 3 is 2.14 bits per heavy atom. The van der Waals surface area contributed by atoms with Crippen LogP contribution in [0.2, 0.25) is 0 Å². The number of hydrogen-bond acceptors (Lipinski definition) is 4. The van der Waals surface area contributed by atoms with Crippen molar-refractivity contribution in [2.75, 3.05) is 13.2 Å². The molecule has 1 rings (SSSR count). The lowest BCUT2D eigenvalue weighted by Crippen LogP contribution is -2.17. The molecule has 1 aromatic rings. The summed E-state index contributed by atoms with van der Waals surface area (Å²) in [6.07, 6.45) is -4.67. The number of halogens is 4. The Morgan fingerprint density at radius 1 is 1.24 bits per heavy atom. The maximum absolute atomic E-state index is 13.8. The summed E-state index contributed by atoms with van der Waals surface area (Å²) in [5.74, 6) is -2.71. The van der Waals surface area contributed by atoms with Gasteiger partial charge in [0, 0.05) is 5.56 Å². The fourth-order valence-corrected chi connectivity index (χ4v) is 3.34. The summed E-state index contributed by atoms with van der Waals surface area (Å²) >= 11 is 0. The molecule has 1 aromatic carbocycles. The van der Waals surface area contributed by atoms with E-state index in [4.69, 9.17) is 14.8 Å². The van der Waals surface area contributed by atoms with Gasteiger partial charge in [-0.2, -0.15) is 13.2 Å². The first-order chi connectivity index (χ1) is 9.65. The lowest BCUT2D eigenvalue weighted by atomic mass is 10.1. The first kappa shape index (κ1) is 18.1. The van der Waals surface area contributed by atoms with Crippen LogP contribution < -0.4 is 5.73 Å². The van der Waals surface area contributed by atoms with Crippen molar-refractivity contribution in [1.29, 1.82) is 0 Å². The first-order valence-corrected chi connectivity index (χ1v) is 7.78. The quantitative estimate of drug-likeness (QED) is 0.631. The fourth-order valence-electron chi connectivity index (χ4n) is 1.67. The van der Waals surface area contributed by atoms with Crippen molar-refractivity contribution in [1.82, 2.24) is 0 Å². The molecule has 0 aliphatic rings. The summed E-state index contributed by atoms with van der Waals surface area (Å²) in [6, 6.07) is 1.81. The van der Waals surface area contributed by atoms with E-state index in [9.17, 15) is 22.1 Å². The van der Waals surface area contributed by atoms with Crippen LogP contribution in [0.15, 0.2) is 18.2 Å². The molecule has 0 heterocycles. The van der Waals surface area contributed by atoms with Crippen LogP contribution >= 0.6 is 7.60 Å². The predicted octanol–water partition coefficient (Wildman–Crippen LogP) is 4.07. The summed E-state index contributed by atoms with van der Waals surface area (Å²) < 4.78 is 73.6. The molecule has 120 valence electrons. The molecule has 0 saturated heterocycles. The predicted molar refractivity (Wildman–Crippen MR) is 69.2 cm³/mol. The lowest BCUT2D eigenvalue weighted by Gasteiger charge is -2.24. The van der Waals surface area contributed by atoms with Gasteiger partial charge in [-0.1, -0.05) is 6.07 Å². The molecule has 9 heteroatoms. The molecule has 0 aromatic heterocycles. The van der Waals surface area contributed by atoms with Gasteiger partial charge in [0.05, 0.1) is 18.8 Å². The van der Waals surface area contributed by atoms with E-state index in [0.717, 1.165) is 6.07 Å². The molecule has 0 spiro atoms. The van der Waals surface area contributed by atoms with E-state index >= 15 is 0 Å². The number of rotatable bonds is 6. The Kier molecular flexibility index (Phi) is 5.92. The zero-order valence-corrected chi connectivity index (χ0v) is 12.4. The Bertz CT molecular complexity index is 526. The summed E-state index contributed by atoms with van der Waals surface area (Å²) in [6.45, 7) is 3.10. The molecule has 0 fully saturated rings. The van der Waals surface area contributed by atoms with Crippen LogP contribution in [0, 0.1) is 5.82 Å². The standard InChI is InChI=1S/C12H16F4NO3P/c1-3-19-21(18,20-4-2)11(17)9-6-5-8(7-10(9)13)12(14,15)16/h5-7,11H,3-4,17H2,1-2H3/t11-/m1/s1. The third-order valence-electron chi connectivity index (χ3n) is 2.61. The molecular formula is C12H16F4NO3P. The number of benzene rings is 1. The van der Waals surface area contributed by atoms with E-state index < -0.39 is 30.9 Å². The average Bonchev–Trinajstić information content (AvgIpc) is 2.37. The van der Waals surface area contributed by atoms with Crippen molar-refractivity contribution < 1.29 is 31.2 Å². The van der Waals surface area contributed by atoms with Crippen molar-refractivity contribution in [3.05, 3.63) is 35.1 Å². The molecule has 0 amide bonds. The molecule has 1 atom stereocenters. The molecule has 0 aliphatic heterocycles. The molecule has 4 nitrogen and oxygen atoms in total. The van der Waals surface area contributed by atoms with Gasteiger partial charge in [0.25, 0.3) is 0 Å². The van der Waals surface area contributed by atoms with E-state index in [-0.39, 0.29) is 18.8 Å². The van der Waals surface area contributed by atoms with Gasteiger partial charge >= 0.3 is 13.8 Å². The van der Waals surface area contributed by atoms with Crippen molar-refractivity contribution in [3.8, 4) is 0 Å². The second-order valence-corrected chi connectivity index (χ2v) is 6.21. The summed E-state index contributed by atoms with van der Waals surface area (Å²) in [7, 11) is -3.86. The second kappa shape index (κ2) is 6.87. The van der Waals surface area contributed by atoms with Crippen molar-refractivity contribution in [3.63, 3.8) is 0 Å². The minimum atomic E-state index is -4.67. The highest BCUT2D eigenvalue weighted by molar-refractivity contribution is 7.54. The Morgan fingerprint density at radius 2 is 1.76 bits per heavy atom. The van der Waals surface area contributed by atoms with Crippen LogP contribution in [0.1, 0.15) is 30.8 Å². The molecule has 0 aliphatic carbocycles. The topological polar surface area (TPSA) is 61.5 Å². The van der Waals surface area contributed by atoms with Gasteiger partial charge in [0.2, 0.25) is 0 Å². The SMILES string of the molecule is CCOP(=O)(OCC)[C@@H](N)c1ccc(C(F)(F)F)cc1F. The highest BCUT2D eigenvalue weighted by Crippen LogP contribution is 2.58. The first-order valence-electron chi connectivity index (χ1n) is 6.16. The van der Waals surface area contributed by atoms with Crippen molar-refractivity contribution in [2.24, 2.45) is 5.73 Å². The van der Waals surface area contributed by atoms with Crippen molar-refractivity contribution in [2.45, 2.75) is 25.8 Å². The molecule has 0 unspecified atom stereocenters. The lowest BCUT2D eigenvalue weighted by molar-refractivity contribution is -0.137. The van der Waals surface area contributed by atoms with Gasteiger partial charge in [0.15, 0.2) is 0 Å². The summed E-state index contributed by atoms with van der Waals surface area (Å²) in [4.78, 5) is 0. The zero-order chi connectivity index (χ0) is 16.3. The summed E-state index contributed by atoms with van der Waals surface area (Å²) in [5, 5.41) is 0. The maximum Gasteiger partial charge on any atom is 0.416 e. The minimum Gasteiger partial charge on any atom is -0.314 e. The average molecular weight is 329 g/mol. The molecular weight excluding hydrogens is 313 g/mol. The third kappa shape index (κ3) is 4.26. The van der Waals surface area contributed by atoms with Crippen LogP contribution in [0.25, 0.3) is 0 Å². The molecule has 2 N–H and O–H groups in total. The normalized spacial score (nSPS) is 14.2. The van der Waals surface area contributed by atoms with Crippen LogP contribution in [-0.2, 0) is 19.8 Å². The number of nitrogens with two attached hydrogens (primary N) is 1. The smallest absolute Gasteiger partial charge is 0.314 e. The molecule has 0 saturated carbocycles. The van der Waals surface area contributed by atoms with Gasteiger partial charge in [-0.05, 0) is 26.0 Å². The Hall–Kier alpha value is -0.950. The van der Waals surface area contributed by atoms with Crippen LogP contribution in [0.4, 0.5) is 17.6 Å². The maximum atomic E-state index is 13.8. The van der Waals surface area contributed by atoms with Crippen LogP contribution in [-0.4, -0.2) is 13.2 Å². The third-order valence-corrected chi connectivity index (χ3v) is 4.80. The highest BCUT2D eigenvalue weighted by atomic mass is 31.2. The number of alkyl halides is 3. The largest absolute Gasteiger partial charge is 0.416 e. The molecule has 21 heavy (non-hydrogen) atoms. The highest BCUT2D eigenvalue weighted by Gasteiger charge is 2.37. The Labute approximate surface area is 119 Å².